The van der Waals surface area contributed by atoms with Gasteiger partial charge in [0.15, 0.2) is 0 Å². The minimum Gasteiger partial charge on any atom is -0.357 e. The summed E-state index contributed by atoms with van der Waals surface area (Å²) < 4.78 is 0. The fourth-order valence-corrected chi connectivity index (χ4v) is 2.47. The van der Waals surface area contributed by atoms with Crippen molar-refractivity contribution in [3.63, 3.8) is 0 Å². The van der Waals surface area contributed by atoms with Gasteiger partial charge < -0.3 is 10.2 Å². The number of rotatable bonds is 5. The molecular formula is C17H24N4. The van der Waals surface area contributed by atoms with E-state index in [1.54, 1.807) is 0 Å². The summed E-state index contributed by atoms with van der Waals surface area (Å²) in [6.07, 6.45) is 0. The Hall–Kier alpha value is -2.10. The van der Waals surface area contributed by atoms with Crippen molar-refractivity contribution in [2.75, 3.05) is 23.3 Å². The lowest BCUT2D eigenvalue weighted by molar-refractivity contribution is 0.835. The van der Waals surface area contributed by atoms with Crippen molar-refractivity contribution in [3.8, 4) is 0 Å². The minimum atomic E-state index is 0.785. The van der Waals surface area contributed by atoms with E-state index >= 15 is 0 Å². The summed E-state index contributed by atoms with van der Waals surface area (Å²) >= 11 is 0. The lowest BCUT2D eigenvalue weighted by atomic mass is 10.1. The summed E-state index contributed by atoms with van der Waals surface area (Å²) in [5.41, 5.74) is 3.56. The van der Waals surface area contributed by atoms with E-state index in [1.165, 1.54) is 11.1 Å². The predicted molar refractivity (Wildman–Crippen MR) is 89.5 cm³/mol. The number of hydrogen-bond acceptors (Lipinski definition) is 4. The standard InChI is InChI=1S/C17H24N4/c1-6-21(7-2)16-11-15(18-14(5)19-16)20-17-12(3)9-8-10-13(17)4/h8-11H,6-7H2,1-5H3,(H,18,19,20). The quantitative estimate of drug-likeness (QED) is 0.901. The first kappa shape index (κ1) is 15.3. The molecule has 0 fully saturated rings. The lowest BCUT2D eigenvalue weighted by Crippen LogP contribution is -2.23. The van der Waals surface area contributed by atoms with Gasteiger partial charge in [-0.2, -0.15) is 0 Å². The molecule has 0 aliphatic rings. The van der Waals surface area contributed by atoms with Gasteiger partial charge in [0.1, 0.15) is 17.5 Å². The second kappa shape index (κ2) is 6.57. The summed E-state index contributed by atoms with van der Waals surface area (Å²) in [4.78, 5) is 11.3. The van der Waals surface area contributed by atoms with Crippen LogP contribution < -0.4 is 10.2 Å². The van der Waals surface area contributed by atoms with Crippen LogP contribution in [0.2, 0.25) is 0 Å². The molecule has 0 aliphatic heterocycles. The molecule has 0 radical (unpaired) electrons. The molecule has 1 N–H and O–H groups in total. The smallest absolute Gasteiger partial charge is 0.136 e. The topological polar surface area (TPSA) is 41.0 Å². The maximum atomic E-state index is 4.54. The van der Waals surface area contributed by atoms with Gasteiger partial charge in [0, 0.05) is 24.8 Å². The molecule has 1 aromatic heterocycles. The van der Waals surface area contributed by atoms with Gasteiger partial charge in [0.05, 0.1) is 0 Å². The van der Waals surface area contributed by atoms with Crippen LogP contribution in [0.3, 0.4) is 0 Å². The molecule has 0 saturated heterocycles. The predicted octanol–water partition coefficient (Wildman–Crippen LogP) is 3.99. The van der Waals surface area contributed by atoms with E-state index in [9.17, 15) is 0 Å². The fourth-order valence-electron chi connectivity index (χ4n) is 2.47. The van der Waals surface area contributed by atoms with Crippen molar-refractivity contribution < 1.29 is 0 Å². The second-order valence-corrected chi connectivity index (χ2v) is 5.22. The van der Waals surface area contributed by atoms with Crippen molar-refractivity contribution in [2.45, 2.75) is 34.6 Å². The molecule has 2 aromatic rings. The molecule has 1 heterocycles. The third kappa shape index (κ3) is 3.51. The van der Waals surface area contributed by atoms with Gasteiger partial charge in [0.25, 0.3) is 0 Å². The highest BCUT2D eigenvalue weighted by atomic mass is 15.2. The fraction of sp³-hybridized carbons (Fsp3) is 0.412. The molecule has 2 rings (SSSR count). The first-order chi connectivity index (χ1) is 10.0. The molecule has 21 heavy (non-hydrogen) atoms. The number of nitrogens with zero attached hydrogens (tertiary/aromatic N) is 3. The van der Waals surface area contributed by atoms with E-state index in [-0.39, 0.29) is 0 Å². The summed E-state index contributed by atoms with van der Waals surface area (Å²) in [6, 6.07) is 8.30. The Morgan fingerprint density at radius 3 is 2.19 bits per heavy atom. The molecule has 4 heteroatoms. The second-order valence-electron chi connectivity index (χ2n) is 5.22. The van der Waals surface area contributed by atoms with Crippen molar-refractivity contribution in [2.24, 2.45) is 0 Å². The zero-order chi connectivity index (χ0) is 15.4. The van der Waals surface area contributed by atoms with Crippen LogP contribution in [0, 0.1) is 20.8 Å². The number of para-hydroxylation sites is 1. The SMILES string of the molecule is CCN(CC)c1cc(Nc2c(C)cccc2C)nc(C)n1. The average Bonchev–Trinajstić information content (AvgIpc) is 2.44. The summed E-state index contributed by atoms with van der Waals surface area (Å²) in [5.74, 6) is 2.61. The van der Waals surface area contributed by atoms with Crippen LogP contribution in [0.25, 0.3) is 0 Å². The highest BCUT2D eigenvalue weighted by Crippen LogP contribution is 2.25. The van der Waals surface area contributed by atoms with Crippen LogP contribution in [-0.4, -0.2) is 23.1 Å². The summed E-state index contributed by atoms with van der Waals surface area (Å²) in [5, 5.41) is 3.45. The van der Waals surface area contributed by atoms with Gasteiger partial charge in [-0.05, 0) is 45.7 Å². The maximum absolute atomic E-state index is 4.54. The van der Waals surface area contributed by atoms with Crippen LogP contribution in [-0.2, 0) is 0 Å². The molecule has 0 saturated carbocycles. The largest absolute Gasteiger partial charge is 0.357 e. The molecule has 112 valence electrons. The Labute approximate surface area is 127 Å². The number of anilines is 3. The van der Waals surface area contributed by atoms with E-state index in [1.807, 2.05) is 13.0 Å². The van der Waals surface area contributed by atoms with E-state index in [0.29, 0.717) is 0 Å². The molecule has 0 aliphatic carbocycles. The van der Waals surface area contributed by atoms with Crippen molar-refractivity contribution in [3.05, 3.63) is 41.2 Å². The van der Waals surface area contributed by atoms with E-state index in [4.69, 9.17) is 0 Å². The average molecular weight is 284 g/mol. The zero-order valence-corrected chi connectivity index (χ0v) is 13.6. The zero-order valence-electron chi connectivity index (χ0n) is 13.6. The van der Waals surface area contributed by atoms with Crippen molar-refractivity contribution in [1.29, 1.82) is 0 Å². The Kier molecular flexibility index (Phi) is 4.78. The van der Waals surface area contributed by atoms with E-state index in [0.717, 1.165) is 36.2 Å². The first-order valence-corrected chi connectivity index (χ1v) is 7.49. The first-order valence-electron chi connectivity index (χ1n) is 7.49. The summed E-state index contributed by atoms with van der Waals surface area (Å²) in [7, 11) is 0. The molecule has 0 bridgehead atoms. The Morgan fingerprint density at radius 1 is 1.00 bits per heavy atom. The third-order valence-corrected chi connectivity index (χ3v) is 3.65. The molecule has 0 unspecified atom stereocenters. The van der Waals surface area contributed by atoms with Crippen LogP contribution in [0.4, 0.5) is 17.3 Å². The molecule has 1 aromatic carbocycles. The highest BCUT2D eigenvalue weighted by molar-refractivity contribution is 5.66. The van der Waals surface area contributed by atoms with Gasteiger partial charge in [0.2, 0.25) is 0 Å². The number of hydrogen-bond donors (Lipinski definition) is 1. The highest BCUT2D eigenvalue weighted by Gasteiger charge is 2.09. The van der Waals surface area contributed by atoms with Crippen LogP contribution in [0.15, 0.2) is 24.3 Å². The van der Waals surface area contributed by atoms with E-state index in [2.05, 4.69) is 66.1 Å². The normalized spacial score (nSPS) is 10.5. The molecule has 0 atom stereocenters. The van der Waals surface area contributed by atoms with Crippen molar-refractivity contribution in [1.82, 2.24) is 9.97 Å². The summed E-state index contributed by atoms with van der Waals surface area (Å²) in [6.45, 7) is 12.3. The third-order valence-electron chi connectivity index (χ3n) is 3.65. The maximum Gasteiger partial charge on any atom is 0.136 e. The lowest BCUT2D eigenvalue weighted by Gasteiger charge is -2.21. The number of benzene rings is 1. The monoisotopic (exact) mass is 284 g/mol. The molecule has 0 spiro atoms. The molecule has 4 nitrogen and oxygen atoms in total. The van der Waals surface area contributed by atoms with Gasteiger partial charge in [-0.25, -0.2) is 9.97 Å². The van der Waals surface area contributed by atoms with Crippen molar-refractivity contribution >= 4 is 17.3 Å². The van der Waals surface area contributed by atoms with Crippen LogP contribution >= 0.6 is 0 Å². The Morgan fingerprint density at radius 2 is 1.62 bits per heavy atom. The van der Waals surface area contributed by atoms with Gasteiger partial charge in [-0.1, -0.05) is 18.2 Å². The van der Waals surface area contributed by atoms with Crippen LogP contribution in [0.1, 0.15) is 30.8 Å². The minimum absolute atomic E-state index is 0.785. The van der Waals surface area contributed by atoms with E-state index < -0.39 is 0 Å². The van der Waals surface area contributed by atoms with Gasteiger partial charge in [-0.3, -0.25) is 0 Å². The number of aryl methyl sites for hydroxylation is 3. The Bertz CT molecular complexity index is 598. The molecule has 0 amide bonds. The number of aromatic nitrogens is 2. The van der Waals surface area contributed by atoms with Crippen LogP contribution in [0.5, 0.6) is 0 Å². The Balaban J connectivity index is 2.36. The van der Waals surface area contributed by atoms with Gasteiger partial charge in [-0.15, -0.1) is 0 Å². The number of nitrogens with one attached hydrogen (secondary N) is 1. The van der Waals surface area contributed by atoms with Gasteiger partial charge >= 0.3 is 0 Å². The molecular weight excluding hydrogens is 260 g/mol.